The van der Waals surface area contributed by atoms with Crippen molar-refractivity contribution in [2.75, 3.05) is 13.2 Å². The molecule has 4 heteroatoms. The molecule has 1 aliphatic carbocycles. The monoisotopic (exact) mass is 728 g/mol. The fraction of sp³-hybridized carbons (Fsp3) is 0.440. The molecule has 4 aromatic carbocycles. The molecule has 0 amide bonds. The van der Waals surface area contributed by atoms with E-state index in [1.807, 2.05) is 36.4 Å². The first-order valence-electron chi connectivity index (χ1n) is 20.9. The predicted octanol–water partition coefficient (Wildman–Crippen LogP) is 13.1. The molecule has 288 valence electrons. The van der Waals surface area contributed by atoms with Crippen molar-refractivity contribution in [1.29, 1.82) is 0 Å². The molecule has 4 nitrogen and oxygen atoms in total. The number of benzene rings is 4. The van der Waals surface area contributed by atoms with E-state index in [2.05, 4.69) is 61.7 Å². The molecule has 8 bridgehead atoms. The number of hydrogen-bond acceptors (Lipinski definition) is 4. The summed E-state index contributed by atoms with van der Waals surface area (Å²) in [5.74, 6) is 2.41. The van der Waals surface area contributed by atoms with Gasteiger partial charge in [0.15, 0.2) is 0 Å². The van der Waals surface area contributed by atoms with Crippen LogP contribution in [-0.4, -0.2) is 23.4 Å². The number of ether oxygens (including phenoxy) is 2. The van der Waals surface area contributed by atoms with Gasteiger partial charge in [-0.3, -0.25) is 0 Å². The quantitative estimate of drug-likeness (QED) is 0.0550. The van der Waals surface area contributed by atoms with Gasteiger partial charge >= 0.3 is 0 Å². The molecule has 0 unspecified atom stereocenters. The zero-order valence-corrected chi connectivity index (χ0v) is 32.8. The van der Waals surface area contributed by atoms with Gasteiger partial charge in [0, 0.05) is 25.7 Å². The molecule has 1 aliphatic rings. The van der Waals surface area contributed by atoms with Gasteiger partial charge in [-0.1, -0.05) is 149 Å². The summed E-state index contributed by atoms with van der Waals surface area (Å²) >= 11 is 0. The molecule has 0 fully saturated rings. The predicted molar refractivity (Wildman–Crippen MR) is 226 cm³/mol. The van der Waals surface area contributed by atoms with E-state index in [0.717, 1.165) is 94.5 Å². The van der Waals surface area contributed by atoms with Crippen LogP contribution in [0.2, 0.25) is 0 Å². The summed E-state index contributed by atoms with van der Waals surface area (Å²) in [6.07, 6.45) is 25.3. The van der Waals surface area contributed by atoms with E-state index in [1.54, 1.807) is 0 Å². The maximum atomic E-state index is 11.7. The summed E-state index contributed by atoms with van der Waals surface area (Å²) in [5, 5.41) is 23.5. The van der Waals surface area contributed by atoms with Gasteiger partial charge in [0.1, 0.15) is 23.0 Å². The van der Waals surface area contributed by atoms with Crippen molar-refractivity contribution in [3.8, 4) is 23.0 Å². The lowest BCUT2D eigenvalue weighted by atomic mass is 9.91. The lowest BCUT2D eigenvalue weighted by Crippen LogP contribution is -2.07. The van der Waals surface area contributed by atoms with Gasteiger partial charge in [-0.2, -0.15) is 0 Å². The third-order valence-corrected chi connectivity index (χ3v) is 10.9. The van der Waals surface area contributed by atoms with Gasteiger partial charge in [0.2, 0.25) is 0 Å². The van der Waals surface area contributed by atoms with Crippen LogP contribution in [0.15, 0.2) is 98.1 Å². The lowest BCUT2D eigenvalue weighted by molar-refractivity contribution is 0.299. The van der Waals surface area contributed by atoms with E-state index in [1.165, 1.54) is 64.2 Å². The van der Waals surface area contributed by atoms with Crippen LogP contribution >= 0.6 is 0 Å². The number of allylic oxidation sites excluding steroid dienone is 2. The number of phenols is 2. The van der Waals surface area contributed by atoms with E-state index in [-0.39, 0.29) is 0 Å². The van der Waals surface area contributed by atoms with E-state index < -0.39 is 0 Å². The number of para-hydroxylation sites is 4. The fourth-order valence-electron chi connectivity index (χ4n) is 7.78. The average molecular weight is 729 g/mol. The normalized spacial score (nSPS) is 12.3. The molecule has 0 saturated heterocycles. The molecule has 54 heavy (non-hydrogen) atoms. The Hall–Kier alpha value is -4.44. The Morgan fingerprint density at radius 2 is 0.648 bits per heavy atom. The summed E-state index contributed by atoms with van der Waals surface area (Å²) in [6, 6.07) is 24.8. The van der Waals surface area contributed by atoms with E-state index in [4.69, 9.17) is 9.47 Å². The third-order valence-electron chi connectivity index (χ3n) is 10.9. The van der Waals surface area contributed by atoms with E-state index in [0.29, 0.717) is 50.4 Å². The van der Waals surface area contributed by atoms with Crippen molar-refractivity contribution in [2.24, 2.45) is 0 Å². The van der Waals surface area contributed by atoms with Gasteiger partial charge in [-0.05, 0) is 83.0 Å². The smallest absolute Gasteiger partial charge is 0.126 e. The first-order valence-corrected chi connectivity index (χ1v) is 20.9. The van der Waals surface area contributed by atoms with Crippen LogP contribution < -0.4 is 9.47 Å². The number of hydrogen-bond donors (Lipinski definition) is 2. The van der Waals surface area contributed by atoms with Crippen LogP contribution in [-0.2, 0) is 25.7 Å². The van der Waals surface area contributed by atoms with Crippen LogP contribution in [0.25, 0.3) is 0 Å². The Kier molecular flexibility index (Phi) is 17.1. The van der Waals surface area contributed by atoms with Crippen LogP contribution in [0, 0.1) is 0 Å². The van der Waals surface area contributed by atoms with Gasteiger partial charge in [0.05, 0.1) is 13.2 Å². The topological polar surface area (TPSA) is 58.9 Å². The van der Waals surface area contributed by atoms with Gasteiger partial charge < -0.3 is 19.7 Å². The van der Waals surface area contributed by atoms with Crippen LogP contribution in [0.5, 0.6) is 23.0 Å². The second-order valence-corrected chi connectivity index (χ2v) is 15.2. The van der Waals surface area contributed by atoms with Crippen molar-refractivity contribution in [3.05, 3.63) is 143 Å². The Bertz CT molecular complexity index is 1540. The minimum Gasteiger partial charge on any atom is -0.507 e. The van der Waals surface area contributed by atoms with E-state index in [9.17, 15) is 10.2 Å². The number of unbranched alkanes of at least 4 members (excludes halogenated alkanes) is 14. The fourth-order valence-corrected chi connectivity index (χ4v) is 7.78. The molecule has 0 atom stereocenters. The zero-order chi connectivity index (χ0) is 37.8. The third kappa shape index (κ3) is 12.3. The first kappa shape index (κ1) is 40.7. The molecule has 0 aliphatic heterocycles. The molecule has 0 spiro atoms. The second kappa shape index (κ2) is 22.7. The Labute approximate surface area is 326 Å². The van der Waals surface area contributed by atoms with Crippen molar-refractivity contribution in [3.63, 3.8) is 0 Å². The molecule has 2 N–H and O–H groups in total. The van der Waals surface area contributed by atoms with Gasteiger partial charge in [-0.25, -0.2) is 0 Å². The Morgan fingerprint density at radius 1 is 0.389 bits per heavy atom. The number of aromatic hydroxyl groups is 2. The molecule has 4 aromatic rings. The Balaban J connectivity index is 1.35. The molecule has 0 heterocycles. The molecule has 0 saturated carbocycles. The van der Waals surface area contributed by atoms with Crippen LogP contribution in [0.3, 0.4) is 0 Å². The molecule has 5 rings (SSSR count). The standard InChI is InChI=1S/C50H64O4/c1-3-5-7-9-11-13-15-17-19-33-53-49-43-29-23-30-44(49)36-40-26-22-28-42(48(40)52)38-46-32-24-31-45(37-41-27-21-25-39(35-43)47(41)51)50(46)54-34-20-18-16-14-12-10-8-6-4-2/h3-4,21-32,51-52H,1-2,5-20,33-38H2. The highest BCUT2D eigenvalue weighted by Gasteiger charge is 2.20. The second-order valence-electron chi connectivity index (χ2n) is 15.2. The number of fused-ring (bicyclic) bond motifs is 8. The average Bonchev–Trinajstić information content (AvgIpc) is 3.17. The van der Waals surface area contributed by atoms with Crippen LogP contribution in [0.1, 0.15) is 147 Å². The highest BCUT2D eigenvalue weighted by atomic mass is 16.5. The molecular formula is C50H64O4. The first-order chi connectivity index (χ1) is 26.6. The summed E-state index contributed by atoms with van der Waals surface area (Å²) in [5.41, 5.74) is 7.72. The van der Waals surface area contributed by atoms with E-state index >= 15 is 0 Å². The SMILES string of the molecule is C=CCCCCCCCCCOc1c2cccc1Cc1cccc(c1O)Cc1cccc(c1OCCCCCCCCCC=C)Cc1cccc(c1O)C2. The van der Waals surface area contributed by atoms with Crippen molar-refractivity contribution < 1.29 is 19.7 Å². The summed E-state index contributed by atoms with van der Waals surface area (Å²) in [6.45, 7) is 8.95. The zero-order valence-electron chi connectivity index (χ0n) is 32.8. The molecule has 0 aromatic heterocycles. The summed E-state index contributed by atoms with van der Waals surface area (Å²) in [4.78, 5) is 0. The van der Waals surface area contributed by atoms with Gasteiger partial charge in [0.25, 0.3) is 0 Å². The minimum absolute atomic E-state index is 0.335. The maximum Gasteiger partial charge on any atom is 0.126 e. The van der Waals surface area contributed by atoms with Crippen molar-refractivity contribution in [1.82, 2.24) is 0 Å². The lowest BCUT2D eigenvalue weighted by Gasteiger charge is -2.20. The maximum absolute atomic E-state index is 11.7. The minimum atomic E-state index is 0.335. The highest BCUT2D eigenvalue weighted by molar-refractivity contribution is 5.55. The van der Waals surface area contributed by atoms with Crippen LogP contribution in [0.4, 0.5) is 0 Å². The molecule has 0 radical (unpaired) electrons. The summed E-state index contributed by atoms with van der Waals surface area (Å²) < 4.78 is 13.3. The van der Waals surface area contributed by atoms with Crippen molar-refractivity contribution >= 4 is 0 Å². The van der Waals surface area contributed by atoms with Crippen molar-refractivity contribution in [2.45, 2.75) is 128 Å². The number of rotatable bonds is 22. The molecular weight excluding hydrogens is 665 g/mol. The largest absolute Gasteiger partial charge is 0.507 e. The Morgan fingerprint density at radius 3 is 0.944 bits per heavy atom. The summed E-state index contributed by atoms with van der Waals surface area (Å²) in [7, 11) is 0. The number of phenolic OH excluding ortho intramolecular Hbond substituents is 2. The highest BCUT2D eigenvalue weighted by Crippen LogP contribution is 2.38. The van der Waals surface area contributed by atoms with Gasteiger partial charge in [-0.15, -0.1) is 13.2 Å².